The topological polar surface area (TPSA) is 8.24 Å². The Labute approximate surface area is 190 Å². The first-order valence-electron chi connectivity index (χ1n) is 11.1. The second-order valence-corrected chi connectivity index (χ2v) is 9.37. The summed E-state index contributed by atoms with van der Waals surface area (Å²) in [5.74, 6) is 0. The van der Waals surface area contributed by atoms with Gasteiger partial charge in [-0.15, -0.1) is 0 Å². The van der Waals surface area contributed by atoms with Gasteiger partial charge in [0, 0.05) is 17.0 Å². The van der Waals surface area contributed by atoms with E-state index in [0.717, 1.165) is 16.8 Å². The van der Waals surface area contributed by atoms with Crippen LogP contribution in [0.15, 0.2) is 72.9 Å². The summed E-state index contributed by atoms with van der Waals surface area (Å²) in [5.41, 5.74) is 12.8. The number of hydrogen-bond donors (Lipinski definition) is 0. The van der Waals surface area contributed by atoms with E-state index in [0.29, 0.717) is 0 Å². The summed E-state index contributed by atoms with van der Waals surface area (Å²) in [6.07, 6.45) is 2.19. The second kappa shape index (κ2) is 7.18. The molecule has 0 saturated carbocycles. The van der Waals surface area contributed by atoms with Crippen molar-refractivity contribution in [1.29, 1.82) is 0 Å². The summed E-state index contributed by atoms with van der Waals surface area (Å²) in [6, 6.07) is 23.5. The van der Waals surface area contributed by atoms with Crippen LogP contribution in [0, 0.1) is 20.4 Å². The molecule has 156 valence electrons. The van der Waals surface area contributed by atoms with Gasteiger partial charge in [-0.2, -0.15) is 0 Å². The van der Waals surface area contributed by atoms with Crippen molar-refractivity contribution >= 4 is 5.69 Å². The minimum absolute atomic E-state index is 0.240. The first-order chi connectivity index (χ1) is 15.3. The average Bonchev–Trinajstić information content (AvgIpc) is 3.01. The van der Waals surface area contributed by atoms with E-state index in [-0.39, 0.29) is 5.41 Å². The Hall–Kier alpha value is -3.70. The van der Waals surface area contributed by atoms with Gasteiger partial charge in [0.1, 0.15) is 7.05 Å². The molecule has 3 aromatic carbocycles. The van der Waals surface area contributed by atoms with E-state index < -0.39 is 0 Å². The summed E-state index contributed by atoms with van der Waals surface area (Å²) in [7, 11) is 2.13. The predicted molar refractivity (Wildman–Crippen MR) is 132 cm³/mol. The minimum Gasteiger partial charge on any atom is -0.238 e. The molecule has 0 bridgehead atoms. The van der Waals surface area contributed by atoms with Gasteiger partial charge in [-0.3, -0.25) is 0 Å². The highest BCUT2D eigenvalue weighted by atomic mass is 14.9. The first-order valence-corrected chi connectivity index (χ1v) is 11.1. The number of rotatable bonds is 2. The third-order valence-electron chi connectivity index (χ3n) is 6.86. The minimum atomic E-state index is -0.240. The van der Waals surface area contributed by atoms with E-state index in [4.69, 9.17) is 6.57 Å². The maximum atomic E-state index is 7.87. The number of fused-ring (bicyclic) bond motifs is 3. The van der Waals surface area contributed by atoms with E-state index >= 15 is 0 Å². The van der Waals surface area contributed by atoms with Crippen LogP contribution < -0.4 is 4.57 Å². The molecule has 4 aromatic rings. The molecule has 0 N–H and O–H groups in total. The smallest absolute Gasteiger partial charge is 0.212 e. The molecule has 0 amide bonds. The van der Waals surface area contributed by atoms with Crippen molar-refractivity contribution in [2.24, 2.45) is 7.05 Å². The maximum Gasteiger partial charge on any atom is 0.212 e. The zero-order chi connectivity index (χ0) is 22.6. The van der Waals surface area contributed by atoms with Crippen molar-refractivity contribution in [3.63, 3.8) is 0 Å². The zero-order valence-corrected chi connectivity index (χ0v) is 19.3. The lowest BCUT2D eigenvalue weighted by atomic mass is 9.75. The highest BCUT2D eigenvalue weighted by Crippen LogP contribution is 2.57. The van der Waals surface area contributed by atoms with Crippen LogP contribution in [0.3, 0.4) is 0 Å². The standard InChI is InChI=1S/C30H27N2/c1-19-12-17-25(32(6)18-19)26-20(2)13-14-22-23-15-16-24(31-5)27(21-10-8-7-9-11-21)29(23)30(3,4)28(22)26/h7-18H,1-4,6H3/q+1. The summed E-state index contributed by atoms with van der Waals surface area (Å²) in [4.78, 5) is 3.92. The fourth-order valence-corrected chi connectivity index (χ4v) is 5.50. The molecule has 0 aliphatic heterocycles. The van der Waals surface area contributed by atoms with Crippen LogP contribution in [-0.4, -0.2) is 0 Å². The maximum absolute atomic E-state index is 7.87. The molecule has 1 aliphatic rings. The highest BCUT2D eigenvalue weighted by Gasteiger charge is 2.41. The van der Waals surface area contributed by atoms with Crippen molar-refractivity contribution < 1.29 is 4.57 Å². The molecule has 0 spiro atoms. The van der Waals surface area contributed by atoms with Crippen LogP contribution in [-0.2, 0) is 12.5 Å². The largest absolute Gasteiger partial charge is 0.238 e. The van der Waals surface area contributed by atoms with Crippen molar-refractivity contribution in [2.75, 3.05) is 0 Å². The Morgan fingerprint density at radius 3 is 2.09 bits per heavy atom. The van der Waals surface area contributed by atoms with Crippen LogP contribution in [0.4, 0.5) is 5.69 Å². The first kappa shape index (κ1) is 20.2. The Bertz CT molecular complexity index is 1420. The summed E-state index contributed by atoms with van der Waals surface area (Å²) < 4.78 is 2.24. The van der Waals surface area contributed by atoms with Crippen LogP contribution in [0.5, 0.6) is 0 Å². The van der Waals surface area contributed by atoms with E-state index in [2.05, 4.69) is 105 Å². The number of nitrogens with zero attached hydrogens (tertiary/aromatic N) is 2. The molecule has 1 aromatic heterocycles. The van der Waals surface area contributed by atoms with Crippen LogP contribution in [0.25, 0.3) is 38.4 Å². The molecule has 2 heteroatoms. The van der Waals surface area contributed by atoms with Crippen molar-refractivity contribution in [3.05, 3.63) is 107 Å². The predicted octanol–water partition coefficient (Wildman–Crippen LogP) is 7.32. The number of benzene rings is 3. The van der Waals surface area contributed by atoms with Gasteiger partial charge in [0.15, 0.2) is 11.9 Å². The fourth-order valence-electron chi connectivity index (χ4n) is 5.50. The van der Waals surface area contributed by atoms with Crippen LogP contribution in [0.1, 0.15) is 36.1 Å². The average molecular weight is 416 g/mol. The van der Waals surface area contributed by atoms with E-state index in [1.54, 1.807) is 0 Å². The summed E-state index contributed by atoms with van der Waals surface area (Å²) in [5, 5.41) is 0. The molecule has 0 unspecified atom stereocenters. The number of pyridine rings is 1. The molecule has 0 saturated heterocycles. The third-order valence-corrected chi connectivity index (χ3v) is 6.86. The van der Waals surface area contributed by atoms with Gasteiger partial charge in [0.05, 0.1) is 12.1 Å². The monoisotopic (exact) mass is 415 g/mol. The normalized spacial score (nSPS) is 13.4. The van der Waals surface area contributed by atoms with Gasteiger partial charge in [0.2, 0.25) is 5.69 Å². The summed E-state index contributed by atoms with van der Waals surface area (Å²) >= 11 is 0. The highest BCUT2D eigenvalue weighted by molar-refractivity contribution is 5.96. The van der Waals surface area contributed by atoms with Crippen LogP contribution >= 0.6 is 0 Å². The van der Waals surface area contributed by atoms with Gasteiger partial charge in [-0.25, -0.2) is 9.41 Å². The Balaban J connectivity index is 1.88. The van der Waals surface area contributed by atoms with E-state index in [9.17, 15) is 0 Å². The Kier molecular flexibility index (Phi) is 4.53. The third kappa shape index (κ3) is 2.82. The molecule has 0 fully saturated rings. The van der Waals surface area contributed by atoms with E-state index in [1.165, 1.54) is 44.6 Å². The second-order valence-electron chi connectivity index (χ2n) is 9.37. The summed E-state index contributed by atoms with van der Waals surface area (Å²) in [6.45, 7) is 16.8. The molecule has 32 heavy (non-hydrogen) atoms. The molecule has 0 atom stereocenters. The fraction of sp³-hybridized carbons (Fsp3) is 0.200. The Morgan fingerprint density at radius 1 is 0.781 bits per heavy atom. The molecular formula is C30H27N2+. The Morgan fingerprint density at radius 2 is 1.44 bits per heavy atom. The van der Waals surface area contributed by atoms with Crippen molar-refractivity contribution in [3.8, 4) is 33.5 Å². The lowest BCUT2D eigenvalue weighted by molar-refractivity contribution is -0.660. The van der Waals surface area contributed by atoms with Gasteiger partial charge in [-0.1, -0.05) is 68.4 Å². The quantitative estimate of drug-likeness (QED) is 0.239. The zero-order valence-electron chi connectivity index (χ0n) is 19.3. The number of aromatic nitrogens is 1. The van der Waals surface area contributed by atoms with Crippen molar-refractivity contribution in [1.82, 2.24) is 0 Å². The van der Waals surface area contributed by atoms with Gasteiger partial charge < -0.3 is 0 Å². The lowest BCUT2D eigenvalue weighted by Crippen LogP contribution is -2.32. The van der Waals surface area contributed by atoms with Crippen LogP contribution in [0.2, 0.25) is 0 Å². The molecule has 1 heterocycles. The molecule has 5 rings (SSSR count). The lowest BCUT2D eigenvalue weighted by Gasteiger charge is -2.27. The SMILES string of the molecule is [C-]#[N+]c1ccc2c(c1-c1ccccc1)C(C)(C)c1c-2ccc(C)c1-c1ccc(C)c[n+]1C. The molecular weight excluding hydrogens is 388 g/mol. The van der Waals surface area contributed by atoms with Gasteiger partial charge in [0.25, 0.3) is 0 Å². The van der Waals surface area contributed by atoms with Gasteiger partial charge in [-0.05, 0) is 58.9 Å². The van der Waals surface area contributed by atoms with Crippen molar-refractivity contribution in [2.45, 2.75) is 33.1 Å². The number of aryl methyl sites for hydroxylation is 3. The molecule has 2 nitrogen and oxygen atoms in total. The van der Waals surface area contributed by atoms with E-state index in [1.807, 2.05) is 12.1 Å². The number of hydrogen-bond acceptors (Lipinski definition) is 0. The molecule has 0 radical (unpaired) electrons. The van der Waals surface area contributed by atoms with Gasteiger partial charge >= 0.3 is 0 Å². The molecule has 1 aliphatic carbocycles.